The molecule has 116 valence electrons. The summed E-state index contributed by atoms with van der Waals surface area (Å²) in [5, 5.41) is 6.19. The molecule has 1 aliphatic carbocycles. The van der Waals surface area contributed by atoms with Gasteiger partial charge in [0.1, 0.15) is 0 Å². The lowest BCUT2D eigenvalue weighted by atomic mass is 10.2. The smallest absolute Gasteiger partial charge is 0.220 e. The Bertz CT molecular complexity index is 501. The Morgan fingerprint density at radius 3 is 2.57 bits per heavy atom. The highest BCUT2D eigenvalue weighted by molar-refractivity contribution is 5.76. The van der Waals surface area contributed by atoms with Gasteiger partial charge in [-0.1, -0.05) is 0 Å². The van der Waals surface area contributed by atoms with Crippen LogP contribution in [-0.2, 0) is 4.79 Å². The zero-order valence-electron chi connectivity index (χ0n) is 12.6. The maximum absolute atomic E-state index is 11.6. The molecule has 0 radical (unpaired) electrons. The van der Waals surface area contributed by atoms with Gasteiger partial charge in [-0.05, 0) is 19.3 Å². The summed E-state index contributed by atoms with van der Waals surface area (Å²) in [5.41, 5.74) is 7.34. The topological polar surface area (TPSA) is 85.6 Å². The molecule has 1 aromatic rings. The Morgan fingerprint density at radius 1 is 1.29 bits per heavy atom. The van der Waals surface area contributed by atoms with Crippen molar-refractivity contribution in [2.24, 2.45) is 0 Å². The molecular weight excluding hydrogens is 270 g/mol. The molecule has 0 saturated heterocycles. The van der Waals surface area contributed by atoms with Gasteiger partial charge in [0.2, 0.25) is 5.91 Å². The monoisotopic (exact) mass is 293 g/mol. The minimum Gasteiger partial charge on any atom is -0.493 e. The highest BCUT2D eigenvalue weighted by atomic mass is 16.5. The fourth-order valence-electron chi connectivity index (χ4n) is 2.05. The average molecular weight is 293 g/mol. The van der Waals surface area contributed by atoms with E-state index in [9.17, 15) is 4.79 Å². The first-order chi connectivity index (χ1) is 10.1. The number of carbonyl (C=O) groups excluding carboxylic acids is 1. The summed E-state index contributed by atoms with van der Waals surface area (Å²) in [7, 11) is 3.16. The summed E-state index contributed by atoms with van der Waals surface area (Å²) in [6.45, 7) is 0.678. The van der Waals surface area contributed by atoms with Crippen molar-refractivity contribution in [2.75, 3.05) is 31.8 Å². The van der Waals surface area contributed by atoms with Crippen LogP contribution in [0.3, 0.4) is 0 Å². The van der Waals surface area contributed by atoms with Gasteiger partial charge in [-0.2, -0.15) is 0 Å². The number of benzene rings is 1. The van der Waals surface area contributed by atoms with E-state index < -0.39 is 0 Å². The van der Waals surface area contributed by atoms with Crippen LogP contribution >= 0.6 is 0 Å². The van der Waals surface area contributed by atoms with Crippen LogP contribution in [0.25, 0.3) is 0 Å². The number of rotatable bonds is 8. The molecule has 0 heterocycles. The molecule has 0 aliphatic heterocycles. The van der Waals surface area contributed by atoms with Gasteiger partial charge >= 0.3 is 0 Å². The molecule has 1 aliphatic rings. The predicted octanol–water partition coefficient (Wildman–Crippen LogP) is 1.76. The molecule has 4 N–H and O–H groups in total. The number of nitrogens with one attached hydrogen (secondary N) is 2. The van der Waals surface area contributed by atoms with Crippen molar-refractivity contribution < 1.29 is 14.3 Å². The van der Waals surface area contributed by atoms with Crippen LogP contribution in [0.1, 0.15) is 25.7 Å². The van der Waals surface area contributed by atoms with E-state index in [1.807, 2.05) is 0 Å². The third-order valence-corrected chi connectivity index (χ3v) is 3.39. The van der Waals surface area contributed by atoms with E-state index in [0.29, 0.717) is 36.2 Å². The number of nitrogens with two attached hydrogens (primary N) is 1. The van der Waals surface area contributed by atoms with Gasteiger partial charge in [-0.25, -0.2) is 0 Å². The van der Waals surface area contributed by atoms with Gasteiger partial charge in [-0.3, -0.25) is 4.79 Å². The molecule has 1 fully saturated rings. The van der Waals surface area contributed by atoms with Crippen molar-refractivity contribution in [3.63, 3.8) is 0 Å². The molecule has 0 unspecified atom stereocenters. The van der Waals surface area contributed by atoms with Gasteiger partial charge < -0.3 is 25.8 Å². The first-order valence-electron chi connectivity index (χ1n) is 7.18. The van der Waals surface area contributed by atoms with E-state index in [1.165, 1.54) is 0 Å². The summed E-state index contributed by atoms with van der Waals surface area (Å²) in [6, 6.07) is 3.95. The maximum atomic E-state index is 11.6. The molecule has 1 amide bonds. The van der Waals surface area contributed by atoms with E-state index in [2.05, 4.69) is 10.6 Å². The van der Waals surface area contributed by atoms with Crippen molar-refractivity contribution in [2.45, 2.75) is 31.7 Å². The quantitative estimate of drug-likeness (QED) is 0.502. The Morgan fingerprint density at radius 2 is 1.95 bits per heavy atom. The Hall–Kier alpha value is -2.11. The molecule has 0 aromatic heterocycles. The Kier molecular flexibility index (Phi) is 5.14. The van der Waals surface area contributed by atoms with E-state index in [0.717, 1.165) is 24.9 Å². The second kappa shape index (κ2) is 7.06. The van der Waals surface area contributed by atoms with E-state index >= 15 is 0 Å². The van der Waals surface area contributed by atoms with Crippen molar-refractivity contribution in [3.8, 4) is 11.5 Å². The lowest BCUT2D eigenvalue weighted by Gasteiger charge is -2.14. The molecule has 0 atom stereocenters. The minimum atomic E-state index is 0.125. The van der Waals surface area contributed by atoms with Crippen LogP contribution in [0.5, 0.6) is 11.5 Å². The van der Waals surface area contributed by atoms with Gasteiger partial charge in [0.15, 0.2) is 11.5 Å². The van der Waals surface area contributed by atoms with Crippen LogP contribution in [0, 0.1) is 0 Å². The number of hydrogen-bond acceptors (Lipinski definition) is 5. The highest BCUT2D eigenvalue weighted by Gasteiger charge is 2.22. The summed E-state index contributed by atoms with van der Waals surface area (Å²) in [4.78, 5) is 11.6. The summed E-state index contributed by atoms with van der Waals surface area (Å²) < 4.78 is 10.4. The average Bonchev–Trinajstić information content (AvgIpc) is 3.28. The van der Waals surface area contributed by atoms with Crippen molar-refractivity contribution in [1.29, 1.82) is 0 Å². The number of methoxy groups -OCH3 is 2. The molecular formula is C15H23N3O3. The fraction of sp³-hybridized carbons (Fsp3) is 0.533. The Balaban J connectivity index is 1.80. The van der Waals surface area contributed by atoms with Gasteiger partial charge in [-0.15, -0.1) is 0 Å². The number of amides is 1. The molecule has 1 saturated carbocycles. The summed E-state index contributed by atoms with van der Waals surface area (Å²) in [6.07, 6.45) is 3.52. The molecule has 6 nitrogen and oxygen atoms in total. The Labute approximate surface area is 125 Å². The number of nitrogen functional groups attached to an aromatic ring is 1. The van der Waals surface area contributed by atoms with Gasteiger partial charge in [0.25, 0.3) is 0 Å². The van der Waals surface area contributed by atoms with Crippen LogP contribution < -0.4 is 25.8 Å². The van der Waals surface area contributed by atoms with Crippen molar-refractivity contribution in [3.05, 3.63) is 12.1 Å². The second-order valence-corrected chi connectivity index (χ2v) is 5.17. The fourth-order valence-corrected chi connectivity index (χ4v) is 2.05. The van der Waals surface area contributed by atoms with E-state index in [-0.39, 0.29) is 5.91 Å². The van der Waals surface area contributed by atoms with Crippen molar-refractivity contribution in [1.82, 2.24) is 5.32 Å². The molecule has 1 aromatic carbocycles. The molecule has 0 bridgehead atoms. The SMILES string of the molecule is COc1cc(N)c(NCCCC(=O)NC2CC2)cc1OC. The third-order valence-electron chi connectivity index (χ3n) is 3.39. The predicted molar refractivity (Wildman–Crippen MR) is 82.8 cm³/mol. The largest absolute Gasteiger partial charge is 0.493 e. The number of anilines is 2. The number of carbonyl (C=O) groups is 1. The second-order valence-electron chi connectivity index (χ2n) is 5.17. The lowest BCUT2D eigenvalue weighted by Crippen LogP contribution is -2.25. The normalized spacial score (nSPS) is 13.6. The summed E-state index contributed by atoms with van der Waals surface area (Å²) in [5.74, 6) is 1.35. The van der Waals surface area contributed by atoms with E-state index in [1.54, 1.807) is 26.4 Å². The van der Waals surface area contributed by atoms with Crippen LogP contribution in [0.15, 0.2) is 12.1 Å². The molecule has 6 heteroatoms. The maximum Gasteiger partial charge on any atom is 0.220 e. The van der Waals surface area contributed by atoms with Gasteiger partial charge in [0.05, 0.1) is 25.6 Å². The molecule has 0 spiro atoms. The molecule has 2 rings (SSSR count). The first kappa shape index (κ1) is 15.3. The standard InChI is InChI=1S/C15H23N3O3/c1-20-13-8-11(16)12(9-14(13)21-2)17-7-3-4-15(19)18-10-5-6-10/h8-10,17H,3-7,16H2,1-2H3,(H,18,19). The highest BCUT2D eigenvalue weighted by Crippen LogP contribution is 2.34. The molecule has 21 heavy (non-hydrogen) atoms. The number of ether oxygens (including phenoxy) is 2. The third kappa shape index (κ3) is 4.44. The van der Waals surface area contributed by atoms with Crippen LogP contribution in [0.4, 0.5) is 11.4 Å². The zero-order chi connectivity index (χ0) is 15.2. The number of hydrogen-bond donors (Lipinski definition) is 3. The van der Waals surface area contributed by atoms with Crippen LogP contribution in [-0.4, -0.2) is 32.7 Å². The summed E-state index contributed by atoms with van der Waals surface area (Å²) >= 11 is 0. The zero-order valence-corrected chi connectivity index (χ0v) is 12.6. The minimum absolute atomic E-state index is 0.125. The van der Waals surface area contributed by atoms with Gasteiger partial charge in [0, 0.05) is 31.1 Å². The van der Waals surface area contributed by atoms with Crippen LogP contribution in [0.2, 0.25) is 0 Å². The van der Waals surface area contributed by atoms with E-state index in [4.69, 9.17) is 15.2 Å². The van der Waals surface area contributed by atoms with Crippen molar-refractivity contribution >= 4 is 17.3 Å². The lowest BCUT2D eigenvalue weighted by molar-refractivity contribution is -0.121. The first-order valence-corrected chi connectivity index (χ1v) is 7.18.